The monoisotopic (exact) mass is 370 g/mol. The molecule has 0 aliphatic heterocycles. The van der Waals surface area contributed by atoms with Crippen molar-refractivity contribution in [2.24, 2.45) is 0 Å². The first-order valence-corrected chi connectivity index (χ1v) is 11.0. The van der Waals surface area contributed by atoms with Crippen molar-refractivity contribution < 1.29 is 0 Å². The van der Waals surface area contributed by atoms with E-state index >= 15 is 0 Å². The minimum absolute atomic E-state index is 0.591. The Morgan fingerprint density at radius 3 is 1.39 bits per heavy atom. The molecule has 0 N–H and O–H groups in total. The van der Waals surface area contributed by atoms with Gasteiger partial charge >= 0.3 is 0 Å². The summed E-state index contributed by atoms with van der Waals surface area (Å²) in [7, 11) is 0. The molecule has 0 atom stereocenters. The summed E-state index contributed by atoms with van der Waals surface area (Å²) in [4.78, 5) is 0. The minimum atomic E-state index is 0.591. The standard InChI is InChI=1S/C28H34/c1-17(2)25-11-7-9-23-15-21(19(5)27(23)25)13-14-22-16-24-10-8-12-26(18(3)4)28(24)20(22)6/h7-12,17-18H,13-16H2,1-6H3. The highest BCUT2D eigenvalue weighted by atomic mass is 14.3. The normalized spacial score (nSPS) is 15.9. The van der Waals surface area contributed by atoms with Crippen LogP contribution in [0.15, 0.2) is 47.5 Å². The maximum atomic E-state index is 2.36. The van der Waals surface area contributed by atoms with Gasteiger partial charge in [0.1, 0.15) is 0 Å². The van der Waals surface area contributed by atoms with Gasteiger partial charge in [0.15, 0.2) is 0 Å². The lowest BCUT2D eigenvalue weighted by molar-refractivity contribution is 0.860. The van der Waals surface area contributed by atoms with Gasteiger partial charge in [0, 0.05) is 0 Å². The SMILES string of the molecule is CC1=C(CCC2=C(C)c3c(cccc3C(C)C)C2)Cc2cccc(C(C)C)c21. The van der Waals surface area contributed by atoms with Crippen molar-refractivity contribution in [3.05, 3.63) is 80.9 Å². The average molecular weight is 371 g/mol. The van der Waals surface area contributed by atoms with Crippen molar-refractivity contribution in [3.8, 4) is 0 Å². The van der Waals surface area contributed by atoms with Crippen LogP contribution in [0.5, 0.6) is 0 Å². The maximum Gasteiger partial charge on any atom is -0.00549 e. The van der Waals surface area contributed by atoms with Crippen molar-refractivity contribution in [1.82, 2.24) is 0 Å². The number of fused-ring (bicyclic) bond motifs is 2. The predicted octanol–water partition coefficient (Wildman–Crippen LogP) is 8.07. The molecule has 0 saturated carbocycles. The Kier molecular flexibility index (Phi) is 5.08. The zero-order chi connectivity index (χ0) is 20.0. The number of benzene rings is 2. The summed E-state index contributed by atoms with van der Waals surface area (Å²) in [6.45, 7) is 14.0. The zero-order valence-corrected chi connectivity index (χ0v) is 18.4. The van der Waals surface area contributed by atoms with E-state index in [1.54, 1.807) is 44.5 Å². The summed E-state index contributed by atoms with van der Waals surface area (Å²) in [6, 6.07) is 13.8. The third-order valence-corrected chi connectivity index (χ3v) is 6.96. The molecule has 2 aromatic rings. The van der Waals surface area contributed by atoms with Gasteiger partial charge in [-0.2, -0.15) is 0 Å². The molecule has 2 aromatic carbocycles. The maximum absolute atomic E-state index is 2.36. The number of rotatable bonds is 5. The summed E-state index contributed by atoms with van der Waals surface area (Å²) in [5, 5.41) is 0. The van der Waals surface area contributed by atoms with Crippen LogP contribution in [0.25, 0.3) is 11.1 Å². The fraction of sp³-hybridized carbons (Fsp3) is 0.429. The summed E-state index contributed by atoms with van der Waals surface area (Å²) in [5.41, 5.74) is 15.6. The van der Waals surface area contributed by atoms with Crippen LogP contribution in [0, 0.1) is 0 Å². The number of hydrogen-bond donors (Lipinski definition) is 0. The van der Waals surface area contributed by atoms with Gasteiger partial charge in [-0.15, -0.1) is 0 Å². The number of allylic oxidation sites excluding steroid dienone is 4. The smallest absolute Gasteiger partial charge is 0.00549 e. The highest BCUT2D eigenvalue weighted by Crippen LogP contribution is 2.42. The molecule has 146 valence electrons. The quantitative estimate of drug-likeness (QED) is 0.499. The second kappa shape index (κ2) is 7.39. The Morgan fingerprint density at radius 2 is 1.04 bits per heavy atom. The van der Waals surface area contributed by atoms with Crippen molar-refractivity contribution in [2.75, 3.05) is 0 Å². The molecule has 0 spiro atoms. The van der Waals surface area contributed by atoms with Crippen molar-refractivity contribution in [1.29, 1.82) is 0 Å². The first-order valence-electron chi connectivity index (χ1n) is 11.0. The van der Waals surface area contributed by atoms with Crippen molar-refractivity contribution in [3.63, 3.8) is 0 Å². The Balaban J connectivity index is 1.58. The molecule has 2 aliphatic carbocycles. The molecule has 0 heterocycles. The average Bonchev–Trinajstić information content (AvgIpc) is 3.16. The van der Waals surface area contributed by atoms with Crippen LogP contribution in [0.4, 0.5) is 0 Å². The van der Waals surface area contributed by atoms with E-state index < -0.39 is 0 Å². The molecular formula is C28H34. The molecule has 0 bridgehead atoms. The summed E-state index contributed by atoms with van der Waals surface area (Å²) < 4.78 is 0. The summed E-state index contributed by atoms with van der Waals surface area (Å²) in [6.07, 6.45) is 4.71. The van der Waals surface area contributed by atoms with Crippen LogP contribution in [-0.2, 0) is 12.8 Å². The van der Waals surface area contributed by atoms with Gasteiger partial charge in [-0.25, -0.2) is 0 Å². The molecular weight excluding hydrogens is 336 g/mol. The zero-order valence-electron chi connectivity index (χ0n) is 18.4. The Morgan fingerprint density at radius 1 is 0.643 bits per heavy atom. The van der Waals surface area contributed by atoms with Crippen LogP contribution in [-0.4, -0.2) is 0 Å². The van der Waals surface area contributed by atoms with Gasteiger partial charge in [0.2, 0.25) is 0 Å². The largest absolute Gasteiger partial charge is 0.0619 e. The Labute approximate surface area is 171 Å². The lowest BCUT2D eigenvalue weighted by atomic mass is 9.92. The molecule has 0 nitrogen and oxygen atoms in total. The van der Waals surface area contributed by atoms with Crippen LogP contribution in [0.3, 0.4) is 0 Å². The van der Waals surface area contributed by atoms with E-state index in [4.69, 9.17) is 0 Å². The van der Waals surface area contributed by atoms with Gasteiger partial charge < -0.3 is 0 Å². The molecule has 0 heteroatoms. The van der Waals surface area contributed by atoms with Gasteiger partial charge in [-0.3, -0.25) is 0 Å². The van der Waals surface area contributed by atoms with Crippen molar-refractivity contribution >= 4 is 11.1 Å². The van der Waals surface area contributed by atoms with Gasteiger partial charge in [0.05, 0.1) is 0 Å². The Bertz CT molecular complexity index is 898. The van der Waals surface area contributed by atoms with E-state index in [2.05, 4.69) is 77.9 Å². The second-order valence-corrected chi connectivity index (χ2v) is 9.38. The third kappa shape index (κ3) is 3.17. The lowest BCUT2D eigenvalue weighted by Crippen LogP contribution is -1.95. The fourth-order valence-corrected chi connectivity index (χ4v) is 5.34. The molecule has 0 radical (unpaired) electrons. The topological polar surface area (TPSA) is 0 Å². The van der Waals surface area contributed by atoms with Gasteiger partial charge in [0.25, 0.3) is 0 Å². The Hall–Kier alpha value is -2.08. The van der Waals surface area contributed by atoms with Crippen LogP contribution in [0.1, 0.15) is 99.6 Å². The van der Waals surface area contributed by atoms with E-state index in [9.17, 15) is 0 Å². The van der Waals surface area contributed by atoms with Gasteiger partial charge in [-0.1, -0.05) is 75.2 Å². The van der Waals surface area contributed by atoms with Crippen LogP contribution < -0.4 is 0 Å². The summed E-state index contributed by atoms with van der Waals surface area (Å²) >= 11 is 0. The van der Waals surface area contributed by atoms with E-state index in [0.29, 0.717) is 11.8 Å². The first-order chi connectivity index (χ1) is 13.4. The van der Waals surface area contributed by atoms with E-state index in [1.807, 2.05) is 0 Å². The van der Waals surface area contributed by atoms with Crippen molar-refractivity contribution in [2.45, 2.75) is 79.1 Å². The van der Waals surface area contributed by atoms with Crippen LogP contribution >= 0.6 is 0 Å². The molecule has 0 saturated heterocycles. The minimum Gasteiger partial charge on any atom is -0.0619 e. The molecule has 2 aliphatic rings. The molecule has 0 amide bonds. The second-order valence-electron chi connectivity index (χ2n) is 9.38. The molecule has 0 unspecified atom stereocenters. The molecule has 0 fully saturated rings. The summed E-state index contributed by atoms with van der Waals surface area (Å²) in [5.74, 6) is 1.18. The lowest BCUT2D eigenvalue weighted by Gasteiger charge is -2.13. The highest BCUT2D eigenvalue weighted by Gasteiger charge is 2.25. The third-order valence-electron chi connectivity index (χ3n) is 6.96. The van der Waals surface area contributed by atoms with E-state index in [-0.39, 0.29) is 0 Å². The fourth-order valence-electron chi connectivity index (χ4n) is 5.34. The van der Waals surface area contributed by atoms with Crippen LogP contribution in [0.2, 0.25) is 0 Å². The van der Waals surface area contributed by atoms with E-state index in [0.717, 1.165) is 12.8 Å². The van der Waals surface area contributed by atoms with E-state index in [1.165, 1.54) is 24.0 Å². The van der Waals surface area contributed by atoms with Gasteiger partial charge in [-0.05, 0) is 95.9 Å². The highest BCUT2D eigenvalue weighted by molar-refractivity contribution is 5.79. The molecule has 28 heavy (non-hydrogen) atoms. The predicted molar refractivity (Wildman–Crippen MR) is 123 cm³/mol. The molecule has 0 aromatic heterocycles. The first kappa shape index (κ1) is 19.2. The number of hydrogen-bond acceptors (Lipinski definition) is 0. The molecule has 4 rings (SSSR count).